The molecule has 1 unspecified atom stereocenters. The van der Waals surface area contributed by atoms with Crippen LogP contribution in [0.4, 0.5) is 39.5 Å². The SMILES string of the molecule is OC(c1c(C(F)(F)F)ccc(C(F)(F)F)c1C(F)(F)F)C1CC1. The average Bonchev–Trinajstić information content (AvgIpc) is 3.16. The van der Waals surface area contributed by atoms with E-state index in [2.05, 4.69) is 0 Å². The Morgan fingerprint density at radius 1 is 0.783 bits per heavy atom. The van der Waals surface area contributed by atoms with E-state index >= 15 is 0 Å². The molecule has 1 saturated carbocycles. The minimum absolute atomic E-state index is 0.0704. The number of alkyl halides is 9. The molecule has 0 aromatic heterocycles. The molecule has 2 rings (SSSR count). The maximum atomic E-state index is 13.1. The van der Waals surface area contributed by atoms with Crippen molar-refractivity contribution in [3.05, 3.63) is 34.4 Å². The highest BCUT2D eigenvalue weighted by molar-refractivity contribution is 5.47. The summed E-state index contributed by atoms with van der Waals surface area (Å²) in [6, 6.07) is -0.326. The molecule has 0 spiro atoms. The third-order valence-electron chi connectivity index (χ3n) is 3.50. The zero-order valence-electron chi connectivity index (χ0n) is 11.1. The van der Waals surface area contributed by atoms with Crippen LogP contribution in [-0.2, 0) is 18.5 Å². The predicted octanol–water partition coefficient (Wildman–Crippen LogP) is 5.19. The smallest absolute Gasteiger partial charge is 0.388 e. The fraction of sp³-hybridized carbons (Fsp3) is 0.538. The zero-order valence-corrected chi connectivity index (χ0v) is 11.1. The third kappa shape index (κ3) is 3.56. The molecule has 1 N–H and O–H groups in total. The van der Waals surface area contributed by atoms with Gasteiger partial charge in [-0.2, -0.15) is 39.5 Å². The van der Waals surface area contributed by atoms with Gasteiger partial charge >= 0.3 is 18.5 Å². The van der Waals surface area contributed by atoms with Crippen LogP contribution in [-0.4, -0.2) is 5.11 Å². The summed E-state index contributed by atoms with van der Waals surface area (Å²) >= 11 is 0. The van der Waals surface area contributed by atoms with Gasteiger partial charge in [-0.1, -0.05) is 0 Å². The summed E-state index contributed by atoms with van der Waals surface area (Å²) in [6.07, 6.45) is -18.5. The summed E-state index contributed by atoms with van der Waals surface area (Å²) in [4.78, 5) is 0. The summed E-state index contributed by atoms with van der Waals surface area (Å²) in [5.74, 6) is -0.916. The van der Waals surface area contributed by atoms with Gasteiger partial charge in [-0.15, -0.1) is 0 Å². The van der Waals surface area contributed by atoms with Gasteiger partial charge in [0.15, 0.2) is 0 Å². The molecule has 1 aliphatic carbocycles. The molecule has 23 heavy (non-hydrogen) atoms. The van der Waals surface area contributed by atoms with E-state index in [1.54, 1.807) is 0 Å². The van der Waals surface area contributed by atoms with Gasteiger partial charge in [0.25, 0.3) is 0 Å². The molecule has 0 heterocycles. The number of benzene rings is 1. The number of halogens is 9. The van der Waals surface area contributed by atoms with Crippen molar-refractivity contribution in [2.75, 3.05) is 0 Å². The first-order valence-electron chi connectivity index (χ1n) is 6.31. The van der Waals surface area contributed by atoms with Crippen LogP contribution in [0.2, 0.25) is 0 Å². The molecule has 0 aliphatic heterocycles. The van der Waals surface area contributed by atoms with Gasteiger partial charge in [0.1, 0.15) is 0 Å². The van der Waals surface area contributed by atoms with Crippen molar-refractivity contribution < 1.29 is 44.6 Å². The summed E-state index contributed by atoms with van der Waals surface area (Å²) in [6.45, 7) is 0. The summed E-state index contributed by atoms with van der Waals surface area (Å²) < 4.78 is 116. The Kier molecular flexibility index (Phi) is 4.11. The van der Waals surface area contributed by atoms with E-state index < -0.39 is 52.8 Å². The van der Waals surface area contributed by atoms with Crippen LogP contribution in [0.1, 0.15) is 41.2 Å². The summed E-state index contributed by atoms with van der Waals surface area (Å²) in [7, 11) is 0. The maximum Gasteiger partial charge on any atom is 0.417 e. The second-order valence-electron chi connectivity index (χ2n) is 5.22. The van der Waals surface area contributed by atoms with Crippen molar-refractivity contribution in [1.82, 2.24) is 0 Å². The number of aliphatic hydroxyl groups excluding tert-OH is 1. The first kappa shape index (κ1) is 17.9. The zero-order chi connectivity index (χ0) is 17.8. The summed E-state index contributed by atoms with van der Waals surface area (Å²) in [5.41, 5.74) is -8.37. The quantitative estimate of drug-likeness (QED) is 0.727. The number of hydrogen-bond donors (Lipinski definition) is 1. The Balaban J connectivity index is 2.84. The first-order chi connectivity index (χ1) is 10.2. The van der Waals surface area contributed by atoms with Gasteiger partial charge in [0.2, 0.25) is 0 Å². The normalized spacial score (nSPS) is 18.2. The second kappa shape index (κ2) is 5.29. The number of hydrogen-bond acceptors (Lipinski definition) is 1. The molecule has 1 atom stereocenters. The van der Waals surface area contributed by atoms with Crippen LogP contribution in [0.25, 0.3) is 0 Å². The number of rotatable bonds is 2. The molecule has 1 aliphatic rings. The van der Waals surface area contributed by atoms with Gasteiger partial charge in [-0.05, 0) is 30.9 Å². The topological polar surface area (TPSA) is 20.2 Å². The minimum Gasteiger partial charge on any atom is -0.388 e. The predicted molar refractivity (Wildman–Crippen MR) is 59.1 cm³/mol. The van der Waals surface area contributed by atoms with Crippen molar-refractivity contribution >= 4 is 0 Å². The van der Waals surface area contributed by atoms with Gasteiger partial charge in [-0.3, -0.25) is 0 Å². The summed E-state index contributed by atoms with van der Waals surface area (Å²) in [5, 5.41) is 9.77. The lowest BCUT2D eigenvalue weighted by Crippen LogP contribution is -2.25. The van der Waals surface area contributed by atoms with E-state index in [0.29, 0.717) is 0 Å². The van der Waals surface area contributed by atoms with Crippen LogP contribution in [0.3, 0.4) is 0 Å². The Labute approximate surface area is 123 Å². The van der Waals surface area contributed by atoms with E-state index in [0.717, 1.165) is 0 Å². The Morgan fingerprint density at radius 3 is 1.57 bits per heavy atom. The van der Waals surface area contributed by atoms with Crippen LogP contribution in [0.5, 0.6) is 0 Å². The first-order valence-corrected chi connectivity index (χ1v) is 6.31. The Bertz CT molecular complexity index is 593. The molecular formula is C13H9F9O. The van der Waals surface area contributed by atoms with Crippen molar-refractivity contribution in [1.29, 1.82) is 0 Å². The van der Waals surface area contributed by atoms with Crippen molar-refractivity contribution in [2.45, 2.75) is 37.5 Å². The third-order valence-corrected chi connectivity index (χ3v) is 3.50. The molecule has 130 valence electrons. The van der Waals surface area contributed by atoms with Crippen molar-refractivity contribution in [3.63, 3.8) is 0 Å². The lowest BCUT2D eigenvalue weighted by atomic mass is 9.89. The van der Waals surface area contributed by atoms with Crippen LogP contribution in [0.15, 0.2) is 12.1 Å². The van der Waals surface area contributed by atoms with E-state index in [9.17, 15) is 44.6 Å². The molecule has 1 aromatic carbocycles. The number of aliphatic hydroxyl groups is 1. The molecular weight excluding hydrogens is 343 g/mol. The van der Waals surface area contributed by atoms with Crippen LogP contribution >= 0.6 is 0 Å². The van der Waals surface area contributed by atoms with Gasteiger partial charge < -0.3 is 5.11 Å². The maximum absolute atomic E-state index is 13.1. The van der Waals surface area contributed by atoms with E-state index in [-0.39, 0.29) is 25.0 Å². The molecule has 1 fully saturated rings. The fourth-order valence-electron chi connectivity index (χ4n) is 2.36. The molecule has 0 bridgehead atoms. The lowest BCUT2D eigenvalue weighted by Gasteiger charge is -2.25. The monoisotopic (exact) mass is 352 g/mol. The van der Waals surface area contributed by atoms with E-state index in [1.165, 1.54) is 0 Å². The average molecular weight is 352 g/mol. The highest BCUT2D eigenvalue weighted by Gasteiger charge is 2.51. The Morgan fingerprint density at radius 2 is 1.22 bits per heavy atom. The second-order valence-corrected chi connectivity index (χ2v) is 5.22. The minimum atomic E-state index is -5.70. The van der Waals surface area contributed by atoms with E-state index in [4.69, 9.17) is 0 Å². The van der Waals surface area contributed by atoms with Gasteiger partial charge in [0.05, 0.1) is 22.8 Å². The van der Waals surface area contributed by atoms with Crippen LogP contribution in [0, 0.1) is 5.92 Å². The van der Waals surface area contributed by atoms with E-state index in [1.807, 2.05) is 0 Å². The van der Waals surface area contributed by atoms with Crippen molar-refractivity contribution in [3.8, 4) is 0 Å². The molecule has 0 amide bonds. The molecule has 10 heteroatoms. The van der Waals surface area contributed by atoms with Crippen LogP contribution < -0.4 is 0 Å². The largest absolute Gasteiger partial charge is 0.417 e. The molecule has 0 radical (unpaired) electrons. The molecule has 1 nitrogen and oxygen atoms in total. The molecule has 0 saturated heterocycles. The molecule has 1 aromatic rings. The highest BCUT2D eigenvalue weighted by atomic mass is 19.4. The van der Waals surface area contributed by atoms with Gasteiger partial charge in [-0.25, -0.2) is 0 Å². The Hall–Kier alpha value is -1.45. The highest BCUT2D eigenvalue weighted by Crippen LogP contribution is 2.51. The lowest BCUT2D eigenvalue weighted by molar-refractivity contribution is -0.165. The van der Waals surface area contributed by atoms with Gasteiger partial charge in [0, 0.05) is 5.56 Å². The van der Waals surface area contributed by atoms with Crippen molar-refractivity contribution in [2.24, 2.45) is 5.92 Å². The standard InChI is InChI=1S/C13H9F9O/c14-11(15,16)6-3-4-7(12(17,18)19)9(13(20,21)22)8(6)10(23)5-1-2-5/h3-5,10,23H,1-2H2. The fourth-order valence-corrected chi connectivity index (χ4v) is 2.36.